The summed E-state index contributed by atoms with van der Waals surface area (Å²) in [5.41, 5.74) is 1.40. The number of rotatable bonds is 4. The predicted molar refractivity (Wildman–Crippen MR) is 85.4 cm³/mol. The molecule has 23 heavy (non-hydrogen) atoms. The van der Waals surface area contributed by atoms with Gasteiger partial charge in [0.1, 0.15) is 5.75 Å². The van der Waals surface area contributed by atoms with Gasteiger partial charge in [-0.3, -0.25) is 5.32 Å². The maximum atomic E-state index is 11.9. The van der Waals surface area contributed by atoms with Crippen molar-refractivity contribution in [2.75, 3.05) is 17.7 Å². The minimum atomic E-state index is -0.462. The normalized spacial score (nSPS) is 10.1. The number of anilines is 2. The highest BCUT2D eigenvalue weighted by Gasteiger charge is 2.11. The summed E-state index contributed by atoms with van der Waals surface area (Å²) < 4.78 is 10.2. The monoisotopic (exact) mass is 310 g/mol. The summed E-state index contributed by atoms with van der Waals surface area (Å²) >= 11 is 0. The van der Waals surface area contributed by atoms with Crippen LogP contribution in [0.15, 0.2) is 59.1 Å². The standard InChI is InChI=1S/C16H14N4O3/c1-22-13-9-7-12(8-10-13)17-16(21)19-15-18-14(23-20-15)11-5-3-2-4-6-11/h2-10H,1H3,(H2,17,19,20,21). The van der Waals surface area contributed by atoms with Crippen LogP contribution in [0, 0.1) is 0 Å². The second-order valence-electron chi connectivity index (χ2n) is 4.60. The molecule has 7 heteroatoms. The molecule has 2 aromatic carbocycles. The van der Waals surface area contributed by atoms with Crippen molar-refractivity contribution in [1.29, 1.82) is 0 Å². The van der Waals surface area contributed by atoms with Gasteiger partial charge in [-0.1, -0.05) is 18.2 Å². The maximum absolute atomic E-state index is 11.9. The van der Waals surface area contributed by atoms with Gasteiger partial charge in [0.15, 0.2) is 0 Å². The Bertz CT molecular complexity index is 785. The Balaban J connectivity index is 1.63. The van der Waals surface area contributed by atoms with Crippen LogP contribution in [0.3, 0.4) is 0 Å². The molecule has 0 fully saturated rings. The fraction of sp³-hybridized carbons (Fsp3) is 0.0625. The molecule has 0 radical (unpaired) electrons. The number of carbonyl (C=O) groups excluding carboxylic acids is 1. The zero-order valence-electron chi connectivity index (χ0n) is 12.3. The van der Waals surface area contributed by atoms with Crippen molar-refractivity contribution in [3.05, 3.63) is 54.6 Å². The first kappa shape index (κ1) is 14.6. The Morgan fingerprint density at radius 2 is 1.78 bits per heavy atom. The number of nitrogens with zero attached hydrogens (tertiary/aromatic N) is 2. The Morgan fingerprint density at radius 3 is 2.48 bits per heavy atom. The minimum absolute atomic E-state index is 0.0925. The molecular formula is C16H14N4O3. The van der Waals surface area contributed by atoms with E-state index >= 15 is 0 Å². The quantitative estimate of drug-likeness (QED) is 0.771. The average Bonchev–Trinajstić information content (AvgIpc) is 3.04. The lowest BCUT2D eigenvalue weighted by Crippen LogP contribution is -2.20. The van der Waals surface area contributed by atoms with Crippen LogP contribution in [0.2, 0.25) is 0 Å². The fourth-order valence-electron chi connectivity index (χ4n) is 1.91. The molecule has 0 bridgehead atoms. The summed E-state index contributed by atoms with van der Waals surface area (Å²) in [6, 6.07) is 15.8. The van der Waals surface area contributed by atoms with E-state index in [-0.39, 0.29) is 5.95 Å². The number of benzene rings is 2. The summed E-state index contributed by atoms with van der Waals surface area (Å²) in [4.78, 5) is 16.0. The summed E-state index contributed by atoms with van der Waals surface area (Å²) in [6.45, 7) is 0. The molecule has 1 aromatic heterocycles. The van der Waals surface area contributed by atoms with Gasteiger partial charge in [0.2, 0.25) is 0 Å². The lowest BCUT2D eigenvalue weighted by Gasteiger charge is -2.05. The third-order valence-corrected chi connectivity index (χ3v) is 3.02. The van der Waals surface area contributed by atoms with Crippen molar-refractivity contribution >= 4 is 17.7 Å². The molecule has 3 aromatic rings. The van der Waals surface area contributed by atoms with Crippen LogP contribution in [-0.2, 0) is 0 Å². The van der Waals surface area contributed by atoms with Crippen molar-refractivity contribution in [3.63, 3.8) is 0 Å². The lowest BCUT2D eigenvalue weighted by molar-refractivity contribution is 0.262. The number of hydrogen-bond acceptors (Lipinski definition) is 5. The molecular weight excluding hydrogens is 296 g/mol. The third-order valence-electron chi connectivity index (χ3n) is 3.02. The van der Waals surface area contributed by atoms with E-state index in [0.29, 0.717) is 17.3 Å². The van der Waals surface area contributed by atoms with Gasteiger partial charge in [-0.25, -0.2) is 4.79 Å². The molecule has 0 atom stereocenters. The molecule has 0 aliphatic rings. The van der Waals surface area contributed by atoms with E-state index in [1.165, 1.54) is 0 Å². The van der Waals surface area contributed by atoms with Crippen LogP contribution >= 0.6 is 0 Å². The van der Waals surface area contributed by atoms with E-state index in [1.54, 1.807) is 31.4 Å². The fourth-order valence-corrected chi connectivity index (χ4v) is 1.91. The van der Waals surface area contributed by atoms with E-state index in [2.05, 4.69) is 20.8 Å². The number of amides is 2. The van der Waals surface area contributed by atoms with Crippen molar-refractivity contribution in [3.8, 4) is 17.2 Å². The van der Waals surface area contributed by atoms with Gasteiger partial charge >= 0.3 is 6.03 Å². The molecule has 0 spiro atoms. The average molecular weight is 310 g/mol. The SMILES string of the molecule is COc1ccc(NC(=O)Nc2noc(-c3ccccc3)n2)cc1. The number of methoxy groups -OCH3 is 1. The van der Waals surface area contributed by atoms with Gasteiger partial charge in [-0.05, 0) is 41.6 Å². The minimum Gasteiger partial charge on any atom is -0.497 e. The number of hydrogen-bond donors (Lipinski definition) is 2. The number of nitrogens with one attached hydrogen (secondary N) is 2. The van der Waals surface area contributed by atoms with Gasteiger partial charge < -0.3 is 14.6 Å². The molecule has 0 saturated heterocycles. The molecule has 0 aliphatic heterocycles. The zero-order valence-corrected chi connectivity index (χ0v) is 12.3. The Labute approximate surface area is 132 Å². The molecule has 116 valence electrons. The molecule has 0 unspecified atom stereocenters. The van der Waals surface area contributed by atoms with Crippen LogP contribution in [0.25, 0.3) is 11.5 Å². The topological polar surface area (TPSA) is 89.3 Å². The van der Waals surface area contributed by atoms with Crippen molar-refractivity contribution < 1.29 is 14.1 Å². The number of urea groups is 1. The van der Waals surface area contributed by atoms with E-state index < -0.39 is 6.03 Å². The van der Waals surface area contributed by atoms with Gasteiger partial charge in [-0.15, -0.1) is 0 Å². The van der Waals surface area contributed by atoms with Crippen molar-refractivity contribution in [2.45, 2.75) is 0 Å². The van der Waals surface area contributed by atoms with Crippen molar-refractivity contribution in [1.82, 2.24) is 10.1 Å². The Morgan fingerprint density at radius 1 is 1.04 bits per heavy atom. The van der Waals surface area contributed by atoms with E-state index in [1.807, 2.05) is 30.3 Å². The van der Waals surface area contributed by atoms with E-state index in [9.17, 15) is 4.79 Å². The molecule has 2 N–H and O–H groups in total. The summed E-state index contributed by atoms with van der Waals surface area (Å²) in [7, 11) is 1.58. The van der Waals surface area contributed by atoms with E-state index in [0.717, 1.165) is 5.56 Å². The second-order valence-corrected chi connectivity index (χ2v) is 4.60. The Hall–Kier alpha value is -3.35. The molecule has 0 aliphatic carbocycles. The van der Waals surface area contributed by atoms with Gasteiger partial charge in [-0.2, -0.15) is 4.98 Å². The van der Waals surface area contributed by atoms with Gasteiger partial charge in [0.25, 0.3) is 11.8 Å². The molecule has 2 amide bonds. The number of aromatic nitrogens is 2. The zero-order chi connectivity index (χ0) is 16.1. The molecule has 1 heterocycles. The Kier molecular flexibility index (Phi) is 4.19. The van der Waals surface area contributed by atoms with Crippen LogP contribution in [0.1, 0.15) is 0 Å². The number of ether oxygens (including phenoxy) is 1. The lowest BCUT2D eigenvalue weighted by atomic mass is 10.2. The number of carbonyl (C=O) groups is 1. The largest absolute Gasteiger partial charge is 0.497 e. The van der Waals surface area contributed by atoms with Crippen LogP contribution < -0.4 is 15.4 Å². The van der Waals surface area contributed by atoms with Crippen LogP contribution in [0.4, 0.5) is 16.4 Å². The molecule has 0 saturated carbocycles. The van der Waals surface area contributed by atoms with Crippen molar-refractivity contribution in [2.24, 2.45) is 0 Å². The van der Waals surface area contributed by atoms with Crippen LogP contribution in [0.5, 0.6) is 5.75 Å². The highest BCUT2D eigenvalue weighted by molar-refractivity contribution is 5.98. The predicted octanol–water partition coefficient (Wildman–Crippen LogP) is 3.39. The summed E-state index contributed by atoms with van der Waals surface area (Å²) in [5.74, 6) is 1.14. The summed E-state index contributed by atoms with van der Waals surface area (Å²) in [6.07, 6.45) is 0. The maximum Gasteiger partial charge on any atom is 0.326 e. The van der Waals surface area contributed by atoms with Gasteiger partial charge in [0, 0.05) is 11.3 Å². The second kappa shape index (κ2) is 6.61. The highest BCUT2D eigenvalue weighted by atomic mass is 16.5. The first-order valence-corrected chi connectivity index (χ1v) is 6.86. The molecule has 7 nitrogen and oxygen atoms in total. The third kappa shape index (κ3) is 3.65. The first-order chi connectivity index (χ1) is 11.2. The van der Waals surface area contributed by atoms with Crippen LogP contribution in [-0.4, -0.2) is 23.3 Å². The highest BCUT2D eigenvalue weighted by Crippen LogP contribution is 2.18. The molecule has 3 rings (SSSR count). The smallest absolute Gasteiger partial charge is 0.326 e. The first-order valence-electron chi connectivity index (χ1n) is 6.86. The van der Waals surface area contributed by atoms with Gasteiger partial charge in [0.05, 0.1) is 7.11 Å². The summed E-state index contributed by atoms with van der Waals surface area (Å²) in [5, 5.41) is 8.90. The van der Waals surface area contributed by atoms with E-state index in [4.69, 9.17) is 9.26 Å².